The van der Waals surface area contributed by atoms with Gasteiger partial charge >= 0.3 is 0 Å². The summed E-state index contributed by atoms with van der Waals surface area (Å²) in [6.45, 7) is 4.09. The number of hydrogen-bond acceptors (Lipinski definition) is 6. The van der Waals surface area contributed by atoms with Gasteiger partial charge in [-0.3, -0.25) is 0 Å². The van der Waals surface area contributed by atoms with Gasteiger partial charge in [0.15, 0.2) is 11.4 Å². The standard InChI is InChI=1S/C30H42N3O5S/c1-4-32-39(35,36)28-18-16-26(17-19-28)37-21-11-20-33(2,3)23-27-22-31-29(38-27)30(34,24-12-7-5-8-13-24)25-14-9-6-10-15-25/h5,7-8,12-13,16-19,22,25,32,34H,4,6,9-11,14-15,20-21,23H2,1-3H3/q+1/t30-/m0/s1. The normalized spacial score (nSPS) is 16.6. The molecule has 0 radical (unpaired) electrons. The number of sulfonamides is 1. The summed E-state index contributed by atoms with van der Waals surface area (Å²) >= 11 is 0. The van der Waals surface area contributed by atoms with Crippen LogP contribution in [0.1, 0.15) is 62.7 Å². The molecule has 1 atom stereocenters. The molecule has 1 aliphatic rings. The summed E-state index contributed by atoms with van der Waals surface area (Å²) in [7, 11) is 0.795. The van der Waals surface area contributed by atoms with Crippen molar-refractivity contribution in [3.05, 3.63) is 78.0 Å². The van der Waals surface area contributed by atoms with E-state index in [-0.39, 0.29) is 10.8 Å². The molecule has 3 aromatic rings. The first-order chi connectivity index (χ1) is 18.6. The van der Waals surface area contributed by atoms with Gasteiger partial charge in [0.25, 0.3) is 0 Å². The Kier molecular flexibility index (Phi) is 9.48. The maximum atomic E-state index is 12.1. The van der Waals surface area contributed by atoms with Gasteiger partial charge in [0.2, 0.25) is 15.9 Å². The molecule has 1 saturated carbocycles. The molecule has 212 valence electrons. The van der Waals surface area contributed by atoms with Gasteiger partial charge in [-0.25, -0.2) is 18.1 Å². The highest BCUT2D eigenvalue weighted by Gasteiger charge is 2.44. The van der Waals surface area contributed by atoms with Gasteiger partial charge in [-0.2, -0.15) is 0 Å². The van der Waals surface area contributed by atoms with Crippen LogP contribution >= 0.6 is 0 Å². The Labute approximate surface area is 232 Å². The first kappa shape index (κ1) is 29.3. The van der Waals surface area contributed by atoms with E-state index in [9.17, 15) is 13.5 Å². The minimum absolute atomic E-state index is 0.0804. The lowest BCUT2D eigenvalue weighted by Gasteiger charge is -2.36. The number of oxazole rings is 1. The predicted molar refractivity (Wildman–Crippen MR) is 151 cm³/mol. The number of rotatable bonds is 13. The second-order valence-electron chi connectivity index (χ2n) is 11.1. The van der Waals surface area contributed by atoms with Gasteiger partial charge in [-0.15, -0.1) is 0 Å². The van der Waals surface area contributed by atoms with E-state index in [0.29, 0.717) is 35.8 Å². The third-order valence-corrected chi connectivity index (χ3v) is 9.08. The van der Waals surface area contributed by atoms with Crippen LogP contribution in [0.3, 0.4) is 0 Å². The van der Waals surface area contributed by atoms with Crippen molar-refractivity contribution in [2.75, 3.05) is 33.8 Å². The third-order valence-electron chi connectivity index (χ3n) is 7.52. The van der Waals surface area contributed by atoms with E-state index >= 15 is 0 Å². The lowest BCUT2D eigenvalue weighted by atomic mass is 9.73. The lowest BCUT2D eigenvalue weighted by molar-refractivity contribution is -0.904. The molecule has 4 rings (SSSR count). The smallest absolute Gasteiger partial charge is 0.240 e. The summed E-state index contributed by atoms with van der Waals surface area (Å²) in [5, 5.41) is 12.0. The number of ether oxygens (including phenoxy) is 1. The van der Waals surface area contributed by atoms with Crippen molar-refractivity contribution in [1.29, 1.82) is 0 Å². The molecular weight excluding hydrogens is 514 g/mol. The molecule has 0 bridgehead atoms. The van der Waals surface area contributed by atoms with E-state index < -0.39 is 15.6 Å². The molecule has 1 fully saturated rings. The van der Waals surface area contributed by atoms with Crippen LogP contribution in [0, 0.1) is 5.92 Å². The molecule has 0 unspecified atom stereocenters. The monoisotopic (exact) mass is 556 g/mol. The molecule has 1 aliphatic carbocycles. The second kappa shape index (κ2) is 12.6. The Morgan fingerprint density at radius 3 is 2.44 bits per heavy atom. The molecule has 1 heterocycles. The molecule has 0 amide bonds. The number of quaternary nitrogens is 1. The molecule has 0 aliphatic heterocycles. The first-order valence-corrected chi connectivity index (χ1v) is 15.4. The van der Waals surface area contributed by atoms with Crippen molar-refractivity contribution < 1.29 is 27.2 Å². The number of aromatic nitrogens is 1. The van der Waals surface area contributed by atoms with Crippen molar-refractivity contribution in [3.8, 4) is 5.75 Å². The van der Waals surface area contributed by atoms with Crippen LogP contribution in [0.25, 0.3) is 0 Å². The molecular formula is C30H42N3O5S+. The van der Waals surface area contributed by atoms with E-state index in [1.54, 1.807) is 37.4 Å². The number of aliphatic hydroxyl groups is 1. The quantitative estimate of drug-likeness (QED) is 0.231. The molecule has 1 aromatic heterocycles. The average Bonchev–Trinajstić information content (AvgIpc) is 3.40. The van der Waals surface area contributed by atoms with Crippen LogP contribution in [-0.2, 0) is 22.2 Å². The molecule has 2 aromatic carbocycles. The summed E-state index contributed by atoms with van der Waals surface area (Å²) < 4.78 is 39.5. The minimum Gasteiger partial charge on any atom is -0.493 e. The molecule has 0 saturated heterocycles. The van der Waals surface area contributed by atoms with Gasteiger partial charge in [0.05, 0.1) is 38.3 Å². The van der Waals surface area contributed by atoms with E-state index in [1.165, 1.54) is 6.42 Å². The number of hydrogen-bond donors (Lipinski definition) is 2. The predicted octanol–water partition coefficient (Wildman–Crippen LogP) is 4.83. The van der Waals surface area contributed by atoms with E-state index in [0.717, 1.165) is 50.0 Å². The Balaban J connectivity index is 1.34. The SMILES string of the molecule is CCNS(=O)(=O)c1ccc(OCCC[N+](C)(C)Cc2cnc([C@](O)(c3ccccc3)C3CCCCC3)o2)cc1. The zero-order valence-electron chi connectivity index (χ0n) is 23.3. The highest BCUT2D eigenvalue weighted by Crippen LogP contribution is 2.43. The van der Waals surface area contributed by atoms with Crippen LogP contribution in [-0.4, -0.2) is 56.8 Å². The highest BCUT2D eigenvalue weighted by molar-refractivity contribution is 7.89. The molecule has 8 nitrogen and oxygen atoms in total. The fourth-order valence-electron chi connectivity index (χ4n) is 5.48. The molecule has 2 N–H and O–H groups in total. The maximum absolute atomic E-state index is 12.1. The largest absolute Gasteiger partial charge is 0.493 e. The Morgan fingerprint density at radius 2 is 1.77 bits per heavy atom. The van der Waals surface area contributed by atoms with Crippen molar-refractivity contribution in [2.24, 2.45) is 5.92 Å². The molecule has 0 spiro atoms. The number of benzene rings is 2. The first-order valence-electron chi connectivity index (χ1n) is 13.9. The van der Waals surface area contributed by atoms with Gasteiger partial charge in [-0.1, -0.05) is 56.5 Å². The maximum Gasteiger partial charge on any atom is 0.240 e. The summed E-state index contributed by atoms with van der Waals surface area (Å²) in [4.78, 5) is 4.82. The Hall–Kier alpha value is -2.72. The Bertz CT molecular complexity index is 1290. The van der Waals surface area contributed by atoms with E-state index in [1.807, 2.05) is 30.3 Å². The van der Waals surface area contributed by atoms with Crippen molar-refractivity contribution >= 4 is 10.0 Å². The zero-order valence-corrected chi connectivity index (χ0v) is 24.1. The summed E-state index contributed by atoms with van der Waals surface area (Å²) in [6, 6.07) is 16.3. The van der Waals surface area contributed by atoms with E-state index in [4.69, 9.17) is 9.15 Å². The summed E-state index contributed by atoms with van der Waals surface area (Å²) in [6.07, 6.45) is 7.90. The third kappa shape index (κ3) is 7.28. The Morgan fingerprint density at radius 1 is 1.08 bits per heavy atom. The average molecular weight is 557 g/mol. The van der Waals surface area contributed by atoms with Gasteiger partial charge in [-0.05, 0) is 42.7 Å². The zero-order chi connectivity index (χ0) is 27.9. The summed E-state index contributed by atoms with van der Waals surface area (Å²) in [5.74, 6) is 1.85. The van der Waals surface area contributed by atoms with Crippen LogP contribution in [0.5, 0.6) is 5.75 Å². The highest BCUT2D eigenvalue weighted by atomic mass is 32.2. The van der Waals surface area contributed by atoms with Crippen molar-refractivity contribution in [1.82, 2.24) is 9.71 Å². The molecule has 39 heavy (non-hydrogen) atoms. The van der Waals surface area contributed by atoms with E-state index in [2.05, 4.69) is 23.8 Å². The van der Waals surface area contributed by atoms with Crippen LogP contribution in [0.2, 0.25) is 0 Å². The topological polar surface area (TPSA) is 102 Å². The van der Waals surface area contributed by atoms with Gasteiger partial charge in [0, 0.05) is 18.9 Å². The van der Waals surface area contributed by atoms with Gasteiger partial charge in [0.1, 0.15) is 12.3 Å². The van der Waals surface area contributed by atoms with Crippen LogP contribution in [0.15, 0.2) is 70.1 Å². The van der Waals surface area contributed by atoms with Crippen molar-refractivity contribution in [2.45, 2.75) is 62.5 Å². The van der Waals surface area contributed by atoms with Crippen LogP contribution < -0.4 is 9.46 Å². The second-order valence-corrected chi connectivity index (χ2v) is 12.9. The number of nitrogens with one attached hydrogen (secondary N) is 1. The van der Waals surface area contributed by atoms with Gasteiger partial charge < -0.3 is 18.7 Å². The number of nitrogens with zero attached hydrogens (tertiary/aromatic N) is 2. The fraction of sp³-hybridized carbons (Fsp3) is 0.500. The van der Waals surface area contributed by atoms with Crippen molar-refractivity contribution in [3.63, 3.8) is 0 Å². The summed E-state index contributed by atoms with van der Waals surface area (Å²) in [5.41, 5.74) is -0.393. The minimum atomic E-state index is -3.47. The fourth-order valence-corrected chi connectivity index (χ4v) is 6.52. The lowest BCUT2D eigenvalue weighted by Crippen LogP contribution is -2.40. The molecule has 9 heteroatoms. The van der Waals surface area contributed by atoms with Crippen LogP contribution in [0.4, 0.5) is 0 Å².